The molecule has 6 heteroatoms. The third-order valence-corrected chi connectivity index (χ3v) is 10.6. The van der Waals surface area contributed by atoms with E-state index in [1.807, 2.05) is 47.6 Å². The number of nitrogens with zero attached hydrogens (tertiary/aromatic N) is 2. The van der Waals surface area contributed by atoms with Gasteiger partial charge in [0.1, 0.15) is 11.6 Å². The van der Waals surface area contributed by atoms with Crippen molar-refractivity contribution in [1.82, 2.24) is 9.97 Å². The van der Waals surface area contributed by atoms with E-state index in [-0.39, 0.29) is 43.0 Å². The molecular weight excluding hydrogens is 737 g/mol. The minimum Gasteiger partial charge on any atom is -0.512 e. The molecule has 5 aromatic rings. The van der Waals surface area contributed by atoms with Gasteiger partial charge in [-0.2, -0.15) is 0 Å². The molecular formula is C38H45IrN2O2Si-. The molecule has 4 aromatic carbocycles. The zero-order valence-corrected chi connectivity index (χ0v) is 30.9. The Morgan fingerprint density at radius 3 is 2.23 bits per heavy atom. The molecule has 0 fully saturated rings. The van der Waals surface area contributed by atoms with E-state index in [4.69, 9.17) is 9.97 Å². The molecule has 0 aliphatic heterocycles. The Bertz CT molecular complexity index is 1810. The van der Waals surface area contributed by atoms with Crippen molar-refractivity contribution in [3.8, 4) is 11.3 Å². The first kappa shape index (κ1) is 35.3. The van der Waals surface area contributed by atoms with Crippen LogP contribution < -0.4 is 5.19 Å². The summed E-state index contributed by atoms with van der Waals surface area (Å²) in [5.41, 5.74) is 2.83. The summed E-state index contributed by atoms with van der Waals surface area (Å²) >= 11 is 0. The van der Waals surface area contributed by atoms with E-state index in [9.17, 15) is 9.90 Å². The number of benzene rings is 4. The first-order chi connectivity index (χ1) is 20.3. The SMILES string of the molecule is CCC(C)(CC)/C(O)=C/C(=O)C(C)C.Cc1nc(-c2[c-]ccc3ccccc23)c2ccc3cccc([Si](C)(C)C)c3c2n1.[Ir]. The van der Waals surface area contributed by atoms with Gasteiger partial charge in [0, 0.05) is 42.9 Å². The fraction of sp³-hybridized carbons (Fsp3) is 0.342. The zero-order chi connectivity index (χ0) is 31.5. The van der Waals surface area contributed by atoms with Crippen molar-refractivity contribution in [2.45, 2.75) is 74.0 Å². The van der Waals surface area contributed by atoms with Crippen molar-refractivity contribution in [3.05, 3.63) is 90.5 Å². The van der Waals surface area contributed by atoms with E-state index >= 15 is 0 Å². The van der Waals surface area contributed by atoms with Gasteiger partial charge in [-0.1, -0.05) is 119 Å². The molecule has 0 saturated carbocycles. The van der Waals surface area contributed by atoms with Gasteiger partial charge in [-0.05, 0) is 36.2 Å². The van der Waals surface area contributed by atoms with Crippen molar-refractivity contribution in [3.63, 3.8) is 0 Å². The Labute approximate surface area is 277 Å². The van der Waals surface area contributed by atoms with Crippen LogP contribution in [-0.2, 0) is 24.9 Å². The average molecular weight is 782 g/mol. The Morgan fingerprint density at radius 1 is 0.932 bits per heavy atom. The van der Waals surface area contributed by atoms with Gasteiger partial charge < -0.3 is 5.11 Å². The van der Waals surface area contributed by atoms with E-state index in [1.54, 1.807) is 0 Å². The minimum atomic E-state index is -1.54. The van der Waals surface area contributed by atoms with E-state index < -0.39 is 8.07 Å². The van der Waals surface area contributed by atoms with E-state index in [0.29, 0.717) is 0 Å². The monoisotopic (exact) mass is 782 g/mol. The standard InChI is InChI=1S/C26H23N2Si.C12H22O2.Ir/c1-17-27-25(21-13-7-10-18-9-5-6-12-20(18)21)22-16-15-19-11-8-14-23(29(2,3)4)24(19)26(22)28-17;1-6-12(5,7-2)11(14)8-10(13)9(3)4;/h5-12,14-16H,1-4H3;8-9,14H,6-7H2,1-5H3;/q-1;;/b;11-8-;. The average Bonchev–Trinajstić information content (AvgIpc) is 2.99. The van der Waals surface area contributed by atoms with Gasteiger partial charge in [-0.15, -0.1) is 29.1 Å². The van der Waals surface area contributed by atoms with Crippen LogP contribution >= 0.6 is 0 Å². The molecule has 1 heterocycles. The summed E-state index contributed by atoms with van der Waals surface area (Å²) in [6.07, 6.45) is 3.08. The summed E-state index contributed by atoms with van der Waals surface area (Å²) in [6, 6.07) is 27.1. The maximum absolute atomic E-state index is 11.4. The van der Waals surface area contributed by atoms with Crippen molar-refractivity contribution < 1.29 is 30.0 Å². The Kier molecular flexibility index (Phi) is 11.5. The van der Waals surface area contributed by atoms with Crippen LogP contribution in [0.3, 0.4) is 0 Å². The Morgan fingerprint density at radius 2 is 1.59 bits per heavy atom. The number of carbonyl (C=O) groups excluding carboxylic acids is 1. The van der Waals surface area contributed by atoms with Gasteiger partial charge in [0.25, 0.3) is 0 Å². The molecule has 0 aliphatic carbocycles. The van der Waals surface area contributed by atoms with Crippen molar-refractivity contribution in [2.24, 2.45) is 11.3 Å². The van der Waals surface area contributed by atoms with Crippen LogP contribution in [0.4, 0.5) is 0 Å². The quantitative estimate of drug-likeness (QED) is 0.0588. The second kappa shape index (κ2) is 14.3. The molecule has 1 N–H and O–H groups in total. The van der Waals surface area contributed by atoms with Gasteiger partial charge in [0.05, 0.1) is 13.6 Å². The molecule has 0 aliphatic rings. The normalized spacial score (nSPS) is 12.3. The number of hydrogen-bond donors (Lipinski definition) is 1. The van der Waals surface area contributed by atoms with Crippen LogP contribution in [0, 0.1) is 24.3 Å². The van der Waals surface area contributed by atoms with E-state index in [2.05, 4.69) is 86.4 Å². The number of rotatable bonds is 7. The van der Waals surface area contributed by atoms with Crippen LogP contribution in [0.1, 0.15) is 53.3 Å². The molecule has 5 rings (SSSR count). The predicted molar refractivity (Wildman–Crippen MR) is 186 cm³/mol. The number of fused-ring (bicyclic) bond motifs is 4. The Balaban J connectivity index is 0.000000303. The summed E-state index contributed by atoms with van der Waals surface area (Å²) in [5.74, 6) is 0.971. The second-order valence-corrected chi connectivity index (χ2v) is 18.1. The van der Waals surface area contributed by atoms with E-state index in [0.717, 1.165) is 40.8 Å². The largest absolute Gasteiger partial charge is 0.512 e. The smallest absolute Gasteiger partial charge is 0.161 e. The number of aryl methyl sites for hydroxylation is 1. The van der Waals surface area contributed by atoms with Crippen molar-refractivity contribution >= 4 is 51.5 Å². The summed E-state index contributed by atoms with van der Waals surface area (Å²) in [6.45, 7) is 18.9. The molecule has 0 atom stereocenters. The zero-order valence-electron chi connectivity index (χ0n) is 27.5. The molecule has 0 spiro atoms. The third-order valence-electron chi connectivity index (χ3n) is 8.61. The molecule has 233 valence electrons. The van der Waals surface area contributed by atoms with Crippen LogP contribution in [-0.4, -0.2) is 28.9 Å². The van der Waals surface area contributed by atoms with E-state index in [1.165, 1.54) is 32.8 Å². The fourth-order valence-electron chi connectivity index (χ4n) is 5.34. The summed E-state index contributed by atoms with van der Waals surface area (Å²) in [5, 5.41) is 17.3. The van der Waals surface area contributed by atoms with Gasteiger partial charge in [-0.25, -0.2) is 4.98 Å². The number of hydrogen-bond acceptors (Lipinski definition) is 4. The minimum absolute atomic E-state index is 0. The van der Waals surface area contributed by atoms with Gasteiger partial charge in [0.2, 0.25) is 0 Å². The molecule has 0 bridgehead atoms. The number of aliphatic hydroxyl groups is 1. The van der Waals surface area contributed by atoms with Crippen molar-refractivity contribution in [1.29, 1.82) is 0 Å². The van der Waals surface area contributed by atoms with Crippen molar-refractivity contribution in [2.75, 3.05) is 0 Å². The van der Waals surface area contributed by atoms with Gasteiger partial charge >= 0.3 is 0 Å². The van der Waals surface area contributed by atoms with Crippen LogP contribution in [0.15, 0.2) is 78.6 Å². The molecule has 1 radical (unpaired) electrons. The number of allylic oxidation sites excluding steroid dienone is 2. The van der Waals surface area contributed by atoms with Gasteiger partial charge in [0.15, 0.2) is 5.78 Å². The first-order valence-electron chi connectivity index (χ1n) is 15.4. The maximum Gasteiger partial charge on any atom is 0.161 e. The molecule has 44 heavy (non-hydrogen) atoms. The van der Waals surface area contributed by atoms with Crippen LogP contribution in [0.5, 0.6) is 0 Å². The summed E-state index contributed by atoms with van der Waals surface area (Å²) in [4.78, 5) is 21.2. The molecule has 1 aromatic heterocycles. The maximum atomic E-state index is 11.4. The Hall–Kier alpha value is -3.18. The number of ketones is 1. The third kappa shape index (κ3) is 7.36. The number of aliphatic hydroxyl groups excluding tert-OH is 1. The van der Waals surface area contributed by atoms with Crippen LogP contribution in [0.2, 0.25) is 19.6 Å². The summed E-state index contributed by atoms with van der Waals surface area (Å²) < 4.78 is 0. The fourth-order valence-corrected chi connectivity index (χ4v) is 6.95. The summed E-state index contributed by atoms with van der Waals surface area (Å²) in [7, 11) is -1.54. The molecule has 0 amide bonds. The van der Waals surface area contributed by atoms with Crippen LogP contribution in [0.25, 0.3) is 43.7 Å². The molecule has 0 saturated heterocycles. The topological polar surface area (TPSA) is 63.1 Å². The number of carbonyl (C=O) groups is 1. The predicted octanol–water partition coefficient (Wildman–Crippen LogP) is 9.73. The molecule has 4 nitrogen and oxygen atoms in total. The van der Waals surface area contributed by atoms with Gasteiger partial charge in [-0.3, -0.25) is 9.78 Å². The number of aromatic nitrogens is 2. The second-order valence-electron chi connectivity index (χ2n) is 13.0. The molecule has 0 unspecified atom stereocenters. The first-order valence-corrected chi connectivity index (χ1v) is 18.9.